The van der Waals surface area contributed by atoms with Crippen LogP contribution in [0.25, 0.3) is 0 Å². The Balaban J connectivity index is 1.40. The summed E-state index contributed by atoms with van der Waals surface area (Å²) in [5.41, 5.74) is 2.19. The Hall–Kier alpha value is -4.34. The molecule has 1 fully saturated rings. The molecule has 0 radical (unpaired) electrons. The maximum absolute atomic E-state index is 13.2. The Morgan fingerprint density at radius 2 is 1.56 bits per heavy atom. The Morgan fingerprint density at radius 1 is 0.907 bits per heavy atom. The third-order valence-corrected chi connectivity index (χ3v) is 7.51. The predicted molar refractivity (Wildman–Crippen MR) is 156 cm³/mol. The van der Waals surface area contributed by atoms with Crippen LogP contribution in [-0.4, -0.2) is 61.1 Å². The average molecular weight is 597 g/mol. The van der Waals surface area contributed by atoms with Crippen molar-refractivity contribution < 1.29 is 37.0 Å². The molecule has 0 bridgehead atoms. The van der Waals surface area contributed by atoms with Crippen LogP contribution in [0.15, 0.2) is 78.9 Å². The predicted octanol–water partition coefficient (Wildman–Crippen LogP) is 6.22. The molecule has 43 heavy (non-hydrogen) atoms. The second kappa shape index (κ2) is 14.7. The van der Waals surface area contributed by atoms with Gasteiger partial charge >= 0.3 is 18.1 Å². The van der Waals surface area contributed by atoms with E-state index in [-0.39, 0.29) is 25.4 Å². The normalized spacial score (nSPS) is 14.4. The smallest absolute Gasteiger partial charge is 0.471 e. The zero-order valence-corrected chi connectivity index (χ0v) is 23.9. The molecule has 1 amide bonds. The number of hydrogen-bond acceptors (Lipinski definition) is 6. The zero-order chi connectivity index (χ0) is 30.8. The molecular formula is C33H35F3N2O5. The van der Waals surface area contributed by atoms with Gasteiger partial charge < -0.3 is 19.7 Å². The lowest BCUT2D eigenvalue weighted by Gasteiger charge is -2.34. The molecule has 3 aromatic rings. The van der Waals surface area contributed by atoms with Crippen molar-refractivity contribution in [1.29, 1.82) is 0 Å². The Kier molecular flexibility index (Phi) is 10.8. The van der Waals surface area contributed by atoms with E-state index in [9.17, 15) is 27.6 Å². The number of rotatable bonds is 12. The number of carbonyl (C=O) groups is 3. The number of nitrogens with zero attached hydrogens (tertiary/aromatic N) is 1. The largest absolute Gasteiger partial charge is 0.492 e. The molecule has 0 aromatic heterocycles. The SMILES string of the molecule is COC(=O)[C@H](Cc1ccc(OCCN(C(=O)C(F)(F)F)C2CCCCC2)cc1)Nc1ccccc1C(=O)c1ccccc1. The first-order valence-electron chi connectivity index (χ1n) is 14.3. The summed E-state index contributed by atoms with van der Waals surface area (Å²) in [6.07, 6.45) is -1.05. The van der Waals surface area contributed by atoms with Gasteiger partial charge in [-0.2, -0.15) is 13.2 Å². The van der Waals surface area contributed by atoms with Crippen molar-refractivity contribution in [3.63, 3.8) is 0 Å². The lowest BCUT2D eigenvalue weighted by atomic mass is 9.94. The average Bonchev–Trinajstić information content (AvgIpc) is 3.03. The van der Waals surface area contributed by atoms with Gasteiger partial charge in [0.25, 0.3) is 0 Å². The van der Waals surface area contributed by atoms with E-state index in [0.717, 1.165) is 29.7 Å². The first kappa shape index (κ1) is 31.6. The summed E-state index contributed by atoms with van der Waals surface area (Å²) >= 11 is 0. The third kappa shape index (κ3) is 8.59. The second-order valence-electron chi connectivity index (χ2n) is 10.4. The fourth-order valence-electron chi connectivity index (χ4n) is 5.30. The highest BCUT2D eigenvalue weighted by Crippen LogP contribution is 2.28. The summed E-state index contributed by atoms with van der Waals surface area (Å²) in [4.78, 5) is 38.8. The molecule has 3 aromatic carbocycles. The van der Waals surface area contributed by atoms with E-state index in [4.69, 9.17) is 9.47 Å². The van der Waals surface area contributed by atoms with Gasteiger partial charge in [-0.25, -0.2) is 4.79 Å². The van der Waals surface area contributed by atoms with E-state index in [0.29, 0.717) is 35.4 Å². The fourth-order valence-corrected chi connectivity index (χ4v) is 5.30. The number of methoxy groups -OCH3 is 1. The second-order valence-corrected chi connectivity index (χ2v) is 10.4. The van der Waals surface area contributed by atoms with Gasteiger partial charge in [-0.05, 0) is 42.7 Å². The number of carbonyl (C=O) groups excluding carboxylic acids is 3. The summed E-state index contributed by atoms with van der Waals surface area (Å²) in [7, 11) is 1.29. The van der Waals surface area contributed by atoms with Gasteiger partial charge in [-0.3, -0.25) is 9.59 Å². The van der Waals surface area contributed by atoms with Crippen molar-refractivity contribution in [2.24, 2.45) is 0 Å². The molecule has 0 heterocycles. The van der Waals surface area contributed by atoms with Crippen molar-refractivity contribution in [1.82, 2.24) is 4.90 Å². The molecule has 0 unspecified atom stereocenters. The van der Waals surface area contributed by atoms with Gasteiger partial charge in [-0.15, -0.1) is 0 Å². The van der Waals surface area contributed by atoms with Gasteiger partial charge in [0.2, 0.25) is 0 Å². The van der Waals surface area contributed by atoms with Crippen LogP contribution in [0.1, 0.15) is 53.6 Å². The number of alkyl halides is 3. The quantitative estimate of drug-likeness (QED) is 0.198. The van der Waals surface area contributed by atoms with Crippen LogP contribution in [0, 0.1) is 0 Å². The first-order valence-corrected chi connectivity index (χ1v) is 14.3. The Labute approximate surface area is 249 Å². The number of nitrogens with one attached hydrogen (secondary N) is 1. The lowest BCUT2D eigenvalue weighted by molar-refractivity contribution is -0.188. The number of benzene rings is 3. The highest BCUT2D eigenvalue weighted by molar-refractivity contribution is 6.12. The van der Waals surface area contributed by atoms with Crippen molar-refractivity contribution >= 4 is 23.3 Å². The molecule has 228 valence electrons. The van der Waals surface area contributed by atoms with Crippen molar-refractivity contribution in [3.8, 4) is 5.75 Å². The highest BCUT2D eigenvalue weighted by Gasteiger charge is 2.44. The standard InChI is InChI=1S/C33H35F3N2O5/c1-42-31(40)29(37-28-15-9-8-14-27(28)30(39)24-10-4-2-5-11-24)22-23-16-18-26(19-17-23)43-21-20-38(32(41)33(34,35)36)25-12-6-3-7-13-25/h2,4-5,8-11,14-19,25,29,37H,3,6-7,12-13,20-22H2,1H3/t29-/m0/s1. The maximum atomic E-state index is 13.2. The molecule has 4 rings (SSSR count). The van der Waals surface area contributed by atoms with E-state index >= 15 is 0 Å². The van der Waals surface area contributed by atoms with Crippen molar-refractivity contribution in [2.45, 2.75) is 56.8 Å². The summed E-state index contributed by atoms with van der Waals surface area (Å²) in [6.45, 7) is -0.254. The molecule has 1 atom stereocenters. The van der Waals surface area contributed by atoms with Crippen LogP contribution in [0.2, 0.25) is 0 Å². The summed E-state index contributed by atoms with van der Waals surface area (Å²) in [5.74, 6) is -2.10. The van der Waals surface area contributed by atoms with Gasteiger partial charge in [0.1, 0.15) is 18.4 Å². The van der Waals surface area contributed by atoms with E-state index in [1.54, 1.807) is 72.8 Å². The minimum Gasteiger partial charge on any atom is -0.492 e. The number of ketones is 1. The van der Waals surface area contributed by atoms with E-state index < -0.39 is 30.1 Å². The minimum absolute atomic E-state index is 0.0871. The van der Waals surface area contributed by atoms with Gasteiger partial charge in [0.05, 0.1) is 13.7 Å². The molecule has 1 saturated carbocycles. The summed E-state index contributed by atoms with van der Waals surface area (Å²) in [5, 5.41) is 3.16. The summed E-state index contributed by atoms with van der Waals surface area (Å²) < 4.78 is 50.4. The molecular weight excluding hydrogens is 561 g/mol. The van der Waals surface area contributed by atoms with Crippen LogP contribution < -0.4 is 10.1 Å². The Morgan fingerprint density at radius 3 is 2.21 bits per heavy atom. The number of para-hydroxylation sites is 1. The molecule has 0 saturated heterocycles. The molecule has 7 nitrogen and oxygen atoms in total. The number of hydrogen-bond donors (Lipinski definition) is 1. The lowest BCUT2D eigenvalue weighted by Crippen LogP contribution is -2.49. The first-order chi connectivity index (χ1) is 20.7. The molecule has 10 heteroatoms. The monoisotopic (exact) mass is 596 g/mol. The molecule has 1 aliphatic carbocycles. The number of amides is 1. The van der Waals surface area contributed by atoms with Crippen LogP contribution in [-0.2, 0) is 20.7 Å². The van der Waals surface area contributed by atoms with Gasteiger partial charge in [0, 0.05) is 29.3 Å². The minimum atomic E-state index is -4.93. The molecule has 1 N–H and O–H groups in total. The number of esters is 1. The number of anilines is 1. The van der Waals surface area contributed by atoms with Crippen molar-refractivity contribution in [3.05, 3.63) is 95.6 Å². The Bertz CT molecular complexity index is 1370. The van der Waals surface area contributed by atoms with E-state index in [1.165, 1.54) is 7.11 Å². The summed E-state index contributed by atoms with van der Waals surface area (Å²) in [6, 6.07) is 21.3. The topological polar surface area (TPSA) is 84.9 Å². The fraction of sp³-hybridized carbons (Fsp3) is 0.364. The number of halogens is 3. The maximum Gasteiger partial charge on any atom is 0.471 e. The third-order valence-electron chi connectivity index (χ3n) is 7.51. The van der Waals surface area contributed by atoms with E-state index in [2.05, 4.69) is 5.32 Å². The molecule has 1 aliphatic rings. The highest BCUT2D eigenvalue weighted by atomic mass is 19.4. The zero-order valence-electron chi connectivity index (χ0n) is 23.9. The van der Waals surface area contributed by atoms with Crippen LogP contribution >= 0.6 is 0 Å². The molecule has 0 spiro atoms. The van der Waals surface area contributed by atoms with Crippen molar-refractivity contribution in [2.75, 3.05) is 25.6 Å². The molecule has 0 aliphatic heterocycles. The van der Waals surface area contributed by atoms with Crippen LogP contribution in [0.3, 0.4) is 0 Å². The van der Waals surface area contributed by atoms with Crippen LogP contribution in [0.4, 0.5) is 18.9 Å². The van der Waals surface area contributed by atoms with Gasteiger partial charge in [-0.1, -0.05) is 73.9 Å². The van der Waals surface area contributed by atoms with Gasteiger partial charge in [0.15, 0.2) is 5.78 Å². The van der Waals surface area contributed by atoms with Crippen LogP contribution in [0.5, 0.6) is 5.75 Å². The number of ether oxygens (including phenoxy) is 2. The van der Waals surface area contributed by atoms with E-state index in [1.807, 2.05) is 6.07 Å².